The van der Waals surface area contributed by atoms with Crippen molar-refractivity contribution in [3.05, 3.63) is 41.9 Å². The molecule has 1 aliphatic carbocycles. The van der Waals surface area contributed by atoms with Crippen LogP contribution in [0.2, 0.25) is 0 Å². The number of rotatable bonds is 4. The molecule has 0 spiro atoms. The topological polar surface area (TPSA) is 84.2 Å². The number of nitrogens with zero attached hydrogens (tertiary/aromatic N) is 1. The van der Waals surface area contributed by atoms with Crippen LogP contribution in [0.3, 0.4) is 0 Å². The molecule has 0 atom stereocenters. The summed E-state index contributed by atoms with van der Waals surface area (Å²) in [5.41, 5.74) is -0.805. The molecule has 1 aromatic carbocycles. The van der Waals surface area contributed by atoms with Crippen LogP contribution in [0.1, 0.15) is 18.6 Å². The summed E-state index contributed by atoms with van der Waals surface area (Å²) in [5, 5.41) is 8.80. The monoisotopic (exact) mass is 303 g/mol. The number of halogens is 1. The van der Waals surface area contributed by atoms with Crippen molar-refractivity contribution in [2.24, 2.45) is 5.41 Å². The lowest BCUT2D eigenvalue weighted by Crippen LogP contribution is -2.35. The first-order valence-corrected chi connectivity index (χ1v) is 6.81. The third-order valence-electron chi connectivity index (χ3n) is 3.57. The molecule has 0 saturated heterocycles. The van der Waals surface area contributed by atoms with E-state index in [0.717, 1.165) is 0 Å². The number of aryl methyl sites for hydroxylation is 1. The quantitative estimate of drug-likeness (QED) is 0.850. The third-order valence-corrected chi connectivity index (χ3v) is 3.57. The van der Waals surface area contributed by atoms with E-state index in [1.165, 1.54) is 18.2 Å². The summed E-state index contributed by atoms with van der Waals surface area (Å²) in [5.74, 6) is -0.507. The van der Waals surface area contributed by atoms with Gasteiger partial charge in [0.25, 0.3) is 0 Å². The minimum absolute atomic E-state index is 0.271. The highest BCUT2D eigenvalue weighted by molar-refractivity contribution is 6.16. The van der Waals surface area contributed by atoms with Gasteiger partial charge in [0.15, 0.2) is 5.82 Å². The second-order valence-corrected chi connectivity index (χ2v) is 5.32. The van der Waals surface area contributed by atoms with Crippen molar-refractivity contribution >= 4 is 23.3 Å². The molecule has 6 nitrogen and oxygen atoms in total. The van der Waals surface area contributed by atoms with E-state index in [4.69, 9.17) is 4.52 Å². The van der Waals surface area contributed by atoms with Gasteiger partial charge in [0.1, 0.15) is 17.0 Å². The molecule has 2 amide bonds. The number of carbonyl (C=O) groups excluding carboxylic acids is 2. The Balaban J connectivity index is 1.69. The highest BCUT2D eigenvalue weighted by Gasteiger charge is 2.56. The van der Waals surface area contributed by atoms with E-state index < -0.39 is 23.0 Å². The summed E-state index contributed by atoms with van der Waals surface area (Å²) in [6.45, 7) is 1.70. The van der Waals surface area contributed by atoms with Crippen LogP contribution in [0, 0.1) is 18.2 Å². The maximum atomic E-state index is 13.1. The number of hydrogen-bond acceptors (Lipinski definition) is 4. The summed E-state index contributed by atoms with van der Waals surface area (Å²) in [6, 6.07) is 7.10. The third kappa shape index (κ3) is 2.69. The summed E-state index contributed by atoms with van der Waals surface area (Å²) < 4.78 is 18.0. The van der Waals surface area contributed by atoms with Crippen molar-refractivity contribution in [3.8, 4) is 0 Å². The van der Waals surface area contributed by atoms with Crippen LogP contribution >= 0.6 is 0 Å². The Hall–Kier alpha value is -2.70. The number of aromatic nitrogens is 1. The Morgan fingerprint density at radius 1 is 1.23 bits per heavy atom. The van der Waals surface area contributed by atoms with Crippen LogP contribution in [0.5, 0.6) is 0 Å². The first-order valence-electron chi connectivity index (χ1n) is 6.81. The van der Waals surface area contributed by atoms with Crippen LogP contribution in [-0.2, 0) is 9.59 Å². The van der Waals surface area contributed by atoms with E-state index in [1.54, 1.807) is 19.1 Å². The SMILES string of the molecule is Cc1cc(NC(=O)C2(C(=O)Nc3cccc(F)c3)CC2)no1. The molecule has 3 rings (SSSR count). The number of nitrogens with one attached hydrogen (secondary N) is 2. The van der Waals surface area contributed by atoms with Crippen LogP contribution in [-0.4, -0.2) is 17.0 Å². The first kappa shape index (κ1) is 14.2. The van der Waals surface area contributed by atoms with Gasteiger partial charge in [0.2, 0.25) is 11.8 Å². The van der Waals surface area contributed by atoms with Gasteiger partial charge in [-0.25, -0.2) is 4.39 Å². The standard InChI is InChI=1S/C15H14FN3O3/c1-9-7-12(19-22-9)18-14(21)15(5-6-15)13(20)17-11-4-2-3-10(16)8-11/h2-4,7-8H,5-6H2,1H3,(H,17,20)(H,18,19,21). The summed E-state index contributed by atoms with van der Waals surface area (Å²) >= 11 is 0. The lowest BCUT2D eigenvalue weighted by Gasteiger charge is -2.14. The predicted octanol–water partition coefficient (Wildman–Crippen LogP) is 2.48. The van der Waals surface area contributed by atoms with Gasteiger partial charge in [-0.15, -0.1) is 0 Å². The van der Waals surface area contributed by atoms with Gasteiger partial charge in [-0.3, -0.25) is 9.59 Å². The highest BCUT2D eigenvalue weighted by Crippen LogP contribution is 2.47. The second kappa shape index (κ2) is 5.25. The molecule has 1 heterocycles. The number of anilines is 2. The number of carbonyl (C=O) groups is 2. The van der Waals surface area contributed by atoms with Gasteiger partial charge in [-0.2, -0.15) is 0 Å². The van der Waals surface area contributed by atoms with E-state index in [1.807, 2.05) is 0 Å². The van der Waals surface area contributed by atoms with Crippen LogP contribution in [0.25, 0.3) is 0 Å². The fourth-order valence-electron chi connectivity index (χ4n) is 2.16. The Bertz CT molecular complexity index is 737. The zero-order chi connectivity index (χ0) is 15.7. The van der Waals surface area contributed by atoms with E-state index in [2.05, 4.69) is 15.8 Å². The second-order valence-electron chi connectivity index (χ2n) is 5.32. The average molecular weight is 303 g/mol. The summed E-state index contributed by atoms with van der Waals surface area (Å²) in [6.07, 6.45) is 0.883. The molecular weight excluding hydrogens is 289 g/mol. The number of hydrogen-bond donors (Lipinski definition) is 2. The molecule has 114 valence electrons. The molecule has 0 radical (unpaired) electrons. The van der Waals surface area contributed by atoms with Gasteiger partial charge in [-0.05, 0) is 38.0 Å². The minimum Gasteiger partial charge on any atom is -0.360 e. The molecule has 0 aliphatic heterocycles. The molecule has 0 unspecified atom stereocenters. The number of benzene rings is 1. The maximum absolute atomic E-state index is 13.1. The summed E-state index contributed by atoms with van der Waals surface area (Å²) in [7, 11) is 0. The fourth-order valence-corrected chi connectivity index (χ4v) is 2.16. The van der Waals surface area contributed by atoms with Crippen molar-refractivity contribution < 1.29 is 18.5 Å². The zero-order valence-corrected chi connectivity index (χ0v) is 11.9. The van der Waals surface area contributed by atoms with Crippen molar-refractivity contribution in [3.63, 3.8) is 0 Å². The van der Waals surface area contributed by atoms with E-state index in [-0.39, 0.29) is 5.82 Å². The van der Waals surface area contributed by atoms with E-state index >= 15 is 0 Å². The normalized spacial score (nSPS) is 15.2. The molecule has 1 fully saturated rings. The molecule has 0 bridgehead atoms. The summed E-state index contributed by atoms with van der Waals surface area (Å²) in [4.78, 5) is 24.6. The van der Waals surface area contributed by atoms with Gasteiger partial charge < -0.3 is 15.2 Å². The molecule has 1 saturated carbocycles. The Labute approximate surface area is 125 Å². The van der Waals surface area contributed by atoms with Crippen molar-refractivity contribution in [2.75, 3.05) is 10.6 Å². The minimum atomic E-state index is -1.13. The molecule has 7 heteroatoms. The van der Waals surface area contributed by atoms with Crippen molar-refractivity contribution in [1.82, 2.24) is 5.16 Å². The first-order chi connectivity index (χ1) is 10.5. The molecule has 1 aliphatic rings. The number of amides is 2. The van der Waals surface area contributed by atoms with Crippen LogP contribution in [0.4, 0.5) is 15.9 Å². The Morgan fingerprint density at radius 2 is 1.95 bits per heavy atom. The predicted molar refractivity (Wildman–Crippen MR) is 76.6 cm³/mol. The van der Waals surface area contributed by atoms with Crippen molar-refractivity contribution in [2.45, 2.75) is 19.8 Å². The van der Waals surface area contributed by atoms with Crippen LogP contribution in [0.15, 0.2) is 34.9 Å². The zero-order valence-electron chi connectivity index (χ0n) is 11.9. The lowest BCUT2D eigenvalue weighted by molar-refractivity contribution is -0.131. The van der Waals surface area contributed by atoms with Gasteiger partial charge in [0.05, 0.1) is 0 Å². The van der Waals surface area contributed by atoms with Gasteiger partial charge in [0, 0.05) is 11.8 Å². The smallest absolute Gasteiger partial charge is 0.241 e. The molecule has 2 N–H and O–H groups in total. The largest absolute Gasteiger partial charge is 0.360 e. The fraction of sp³-hybridized carbons (Fsp3) is 0.267. The molecule has 2 aromatic rings. The highest BCUT2D eigenvalue weighted by atomic mass is 19.1. The maximum Gasteiger partial charge on any atom is 0.241 e. The average Bonchev–Trinajstić information content (AvgIpc) is 3.18. The molecule has 1 aromatic heterocycles. The van der Waals surface area contributed by atoms with Gasteiger partial charge >= 0.3 is 0 Å². The van der Waals surface area contributed by atoms with E-state index in [9.17, 15) is 14.0 Å². The molecular formula is C15H14FN3O3. The lowest BCUT2D eigenvalue weighted by atomic mass is 10.1. The Kier molecular flexibility index (Phi) is 3.40. The van der Waals surface area contributed by atoms with Crippen molar-refractivity contribution in [1.29, 1.82) is 0 Å². The van der Waals surface area contributed by atoms with Crippen LogP contribution < -0.4 is 10.6 Å². The molecule has 22 heavy (non-hydrogen) atoms. The van der Waals surface area contributed by atoms with E-state index in [0.29, 0.717) is 24.3 Å². The van der Waals surface area contributed by atoms with Gasteiger partial charge in [-0.1, -0.05) is 11.2 Å². The Morgan fingerprint density at radius 3 is 2.55 bits per heavy atom.